The Labute approximate surface area is 131 Å². The summed E-state index contributed by atoms with van der Waals surface area (Å²) in [5.41, 5.74) is 1.68. The largest absolute Gasteiger partial charge is 0.438 e. The van der Waals surface area contributed by atoms with E-state index in [9.17, 15) is 0 Å². The van der Waals surface area contributed by atoms with Gasteiger partial charge in [-0.1, -0.05) is 30.3 Å². The first-order valence-corrected chi connectivity index (χ1v) is 7.23. The summed E-state index contributed by atoms with van der Waals surface area (Å²) in [5.74, 6) is 2.03. The summed E-state index contributed by atoms with van der Waals surface area (Å²) in [4.78, 5) is 12.7. The third-order valence-electron chi connectivity index (χ3n) is 3.55. The van der Waals surface area contributed by atoms with Crippen molar-refractivity contribution in [2.24, 2.45) is 0 Å². The highest BCUT2D eigenvalue weighted by atomic mass is 16.4. The van der Waals surface area contributed by atoms with Gasteiger partial charge < -0.3 is 9.73 Å². The zero-order valence-electron chi connectivity index (χ0n) is 12.4. The molecule has 0 fully saturated rings. The van der Waals surface area contributed by atoms with Crippen LogP contribution in [-0.4, -0.2) is 25.1 Å². The number of hydrogen-bond acceptors (Lipinski definition) is 6. The van der Waals surface area contributed by atoms with E-state index in [-0.39, 0.29) is 6.04 Å². The van der Waals surface area contributed by atoms with E-state index < -0.39 is 0 Å². The molecule has 4 aromatic rings. The molecule has 3 aromatic heterocycles. The van der Waals surface area contributed by atoms with Crippen LogP contribution in [-0.2, 0) is 0 Å². The van der Waals surface area contributed by atoms with Gasteiger partial charge in [-0.25, -0.2) is 15.0 Å². The van der Waals surface area contributed by atoms with Gasteiger partial charge in [0.1, 0.15) is 18.2 Å². The Bertz CT molecular complexity index is 930. The van der Waals surface area contributed by atoms with E-state index in [1.807, 2.05) is 37.3 Å². The molecule has 0 saturated carbocycles. The van der Waals surface area contributed by atoms with E-state index in [1.165, 1.54) is 6.33 Å². The Kier molecular flexibility index (Phi) is 3.23. The molecule has 0 amide bonds. The normalized spacial score (nSPS) is 12.4. The summed E-state index contributed by atoms with van der Waals surface area (Å²) in [6.07, 6.45) is 4.91. The number of oxazole rings is 1. The summed E-state index contributed by atoms with van der Waals surface area (Å²) >= 11 is 0. The van der Waals surface area contributed by atoms with Gasteiger partial charge >= 0.3 is 0 Å². The molecular formula is C16H14N6O. The third kappa shape index (κ3) is 2.52. The molecule has 0 spiro atoms. The molecule has 0 radical (unpaired) electrons. The Hall–Kier alpha value is -3.22. The number of aromatic amines is 1. The third-order valence-corrected chi connectivity index (χ3v) is 3.55. The molecule has 0 aliphatic rings. The SMILES string of the molecule is CC(Nc1ncnc2[nH]ncc12)c1ncc(-c2ccccc2)o1. The van der Waals surface area contributed by atoms with Gasteiger partial charge in [-0.05, 0) is 6.92 Å². The van der Waals surface area contributed by atoms with Crippen molar-refractivity contribution in [1.82, 2.24) is 25.1 Å². The molecule has 0 aliphatic heterocycles. The minimum absolute atomic E-state index is 0.138. The van der Waals surface area contributed by atoms with Gasteiger partial charge in [-0.2, -0.15) is 5.10 Å². The van der Waals surface area contributed by atoms with Crippen LogP contribution in [0.1, 0.15) is 18.9 Å². The number of anilines is 1. The molecule has 3 heterocycles. The van der Waals surface area contributed by atoms with E-state index in [2.05, 4.69) is 30.5 Å². The maximum absolute atomic E-state index is 5.86. The molecule has 0 aliphatic carbocycles. The van der Waals surface area contributed by atoms with Gasteiger partial charge in [0.2, 0.25) is 5.89 Å². The van der Waals surface area contributed by atoms with Crippen molar-refractivity contribution in [3.8, 4) is 11.3 Å². The van der Waals surface area contributed by atoms with Gasteiger partial charge in [0.25, 0.3) is 0 Å². The minimum atomic E-state index is -0.138. The highest BCUT2D eigenvalue weighted by molar-refractivity contribution is 5.85. The molecule has 7 nitrogen and oxygen atoms in total. The Morgan fingerprint density at radius 1 is 1.09 bits per heavy atom. The fourth-order valence-corrected chi connectivity index (χ4v) is 2.37. The number of fused-ring (bicyclic) bond motifs is 1. The molecule has 2 N–H and O–H groups in total. The number of aromatic nitrogens is 5. The average Bonchev–Trinajstić information content (AvgIpc) is 3.25. The first kappa shape index (κ1) is 13.4. The van der Waals surface area contributed by atoms with Gasteiger partial charge in [0.05, 0.1) is 17.8 Å². The van der Waals surface area contributed by atoms with Crippen molar-refractivity contribution in [1.29, 1.82) is 0 Å². The van der Waals surface area contributed by atoms with E-state index in [0.717, 1.165) is 16.7 Å². The summed E-state index contributed by atoms with van der Waals surface area (Å²) in [6.45, 7) is 1.97. The van der Waals surface area contributed by atoms with Crippen LogP contribution in [0.4, 0.5) is 5.82 Å². The summed E-state index contributed by atoms with van der Waals surface area (Å²) < 4.78 is 5.86. The number of nitrogens with zero attached hydrogens (tertiary/aromatic N) is 4. The maximum Gasteiger partial charge on any atom is 0.217 e. The van der Waals surface area contributed by atoms with Crippen LogP contribution >= 0.6 is 0 Å². The molecule has 23 heavy (non-hydrogen) atoms. The predicted molar refractivity (Wildman–Crippen MR) is 85.7 cm³/mol. The second-order valence-electron chi connectivity index (χ2n) is 5.15. The first-order chi connectivity index (χ1) is 11.3. The second-order valence-corrected chi connectivity index (χ2v) is 5.15. The molecule has 7 heteroatoms. The lowest BCUT2D eigenvalue weighted by Gasteiger charge is -2.11. The molecule has 1 unspecified atom stereocenters. The monoisotopic (exact) mass is 306 g/mol. The molecule has 0 bridgehead atoms. The fourth-order valence-electron chi connectivity index (χ4n) is 2.37. The predicted octanol–water partition coefficient (Wildman–Crippen LogP) is 3.18. The summed E-state index contributed by atoms with van der Waals surface area (Å²) in [7, 11) is 0. The highest BCUT2D eigenvalue weighted by Gasteiger charge is 2.15. The van der Waals surface area contributed by atoms with Crippen molar-refractivity contribution in [2.75, 3.05) is 5.32 Å². The van der Waals surface area contributed by atoms with Crippen LogP contribution < -0.4 is 5.32 Å². The smallest absolute Gasteiger partial charge is 0.217 e. The molecular weight excluding hydrogens is 292 g/mol. The van der Waals surface area contributed by atoms with E-state index in [0.29, 0.717) is 17.4 Å². The van der Waals surface area contributed by atoms with Crippen molar-refractivity contribution in [3.63, 3.8) is 0 Å². The van der Waals surface area contributed by atoms with Gasteiger partial charge in [0, 0.05) is 5.56 Å². The van der Waals surface area contributed by atoms with Crippen LogP contribution in [0.2, 0.25) is 0 Å². The first-order valence-electron chi connectivity index (χ1n) is 7.23. The number of nitrogens with one attached hydrogen (secondary N) is 2. The standard InChI is InChI=1S/C16H14N6O/c1-10(21-14-12-7-20-22-15(12)19-9-18-14)16-17-8-13(23-16)11-5-3-2-4-6-11/h2-10H,1H3,(H2,18,19,20,21,22). The number of rotatable bonds is 4. The lowest BCUT2D eigenvalue weighted by atomic mass is 10.2. The quantitative estimate of drug-likeness (QED) is 0.601. The molecule has 1 aromatic carbocycles. The Morgan fingerprint density at radius 2 is 1.96 bits per heavy atom. The van der Waals surface area contributed by atoms with Gasteiger partial charge in [0.15, 0.2) is 11.4 Å². The van der Waals surface area contributed by atoms with Gasteiger partial charge in [-0.3, -0.25) is 5.10 Å². The molecule has 114 valence electrons. The van der Waals surface area contributed by atoms with Gasteiger partial charge in [-0.15, -0.1) is 0 Å². The minimum Gasteiger partial charge on any atom is -0.438 e. The van der Waals surface area contributed by atoms with Crippen LogP contribution in [0.25, 0.3) is 22.4 Å². The Balaban J connectivity index is 1.59. The van der Waals surface area contributed by atoms with Crippen LogP contribution in [0.15, 0.2) is 53.5 Å². The van der Waals surface area contributed by atoms with E-state index in [4.69, 9.17) is 4.42 Å². The summed E-state index contributed by atoms with van der Waals surface area (Å²) in [5, 5.41) is 10.9. The second kappa shape index (κ2) is 5.53. The van der Waals surface area contributed by atoms with Crippen LogP contribution in [0.5, 0.6) is 0 Å². The van der Waals surface area contributed by atoms with E-state index in [1.54, 1.807) is 12.4 Å². The Morgan fingerprint density at radius 3 is 2.83 bits per heavy atom. The molecule has 0 saturated heterocycles. The topological polar surface area (TPSA) is 92.5 Å². The van der Waals surface area contributed by atoms with Crippen LogP contribution in [0.3, 0.4) is 0 Å². The highest BCUT2D eigenvalue weighted by Crippen LogP contribution is 2.26. The van der Waals surface area contributed by atoms with Crippen molar-refractivity contribution < 1.29 is 4.42 Å². The summed E-state index contributed by atoms with van der Waals surface area (Å²) in [6, 6.07) is 9.74. The average molecular weight is 306 g/mol. The van der Waals surface area contributed by atoms with Crippen molar-refractivity contribution in [2.45, 2.75) is 13.0 Å². The lowest BCUT2D eigenvalue weighted by Crippen LogP contribution is -2.08. The number of hydrogen-bond donors (Lipinski definition) is 2. The fraction of sp³-hybridized carbons (Fsp3) is 0.125. The van der Waals surface area contributed by atoms with E-state index >= 15 is 0 Å². The zero-order valence-corrected chi connectivity index (χ0v) is 12.4. The number of benzene rings is 1. The molecule has 1 atom stereocenters. The molecule has 4 rings (SSSR count). The number of H-pyrrole nitrogens is 1. The lowest BCUT2D eigenvalue weighted by molar-refractivity contribution is 0.485. The maximum atomic E-state index is 5.86. The van der Waals surface area contributed by atoms with Crippen molar-refractivity contribution >= 4 is 16.9 Å². The van der Waals surface area contributed by atoms with Crippen molar-refractivity contribution in [3.05, 3.63) is 54.9 Å². The van der Waals surface area contributed by atoms with Crippen LogP contribution in [0, 0.1) is 0 Å². The zero-order chi connectivity index (χ0) is 15.6.